The van der Waals surface area contributed by atoms with Crippen molar-refractivity contribution in [3.05, 3.63) is 16.1 Å². The van der Waals surface area contributed by atoms with Gasteiger partial charge in [0.05, 0.1) is 12.1 Å². The van der Waals surface area contributed by atoms with E-state index >= 15 is 0 Å². The summed E-state index contributed by atoms with van der Waals surface area (Å²) in [5, 5.41) is 8.60. The van der Waals surface area contributed by atoms with E-state index in [0.29, 0.717) is 6.42 Å². The number of rotatable bonds is 5. The lowest BCUT2D eigenvalue weighted by molar-refractivity contribution is -0.137. The first kappa shape index (κ1) is 12.2. The molecule has 0 fully saturated rings. The van der Waals surface area contributed by atoms with Crippen molar-refractivity contribution >= 4 is 21.9 Å². The predicted molar refractivity (Wildman–Crippen MR) is 60.9 cm³/mol. The number of halogens is 1. The molecule has 84 valence electrons. The zero-order valence-electron chi connectivity index (χ0n) is 8.96. The third-order valence-electron chi connectivity index (χ3n) is 2.23. The number of imidazole rings is 1. The molecule has 0 unspecified atom stereocenters. The molecule has 0 saturated carbocycles. The van der Waals surface area contributed by atoms with E-state index in [-0.39, 0.29) is 6.42 Å². The number of hydrogen-bond donors (Lipinski definition) is 1. The van der Waals surface area contributed by atoms with Gasteiger partial charge >= 0.3 is 5.97 Å². The van der Waals surface area contributed by atoms with E-state index in [1.165, 1.54) is 0 Å². The first-order chi connectivity index (χ1) is 7.06. The molecule has 4 nitrogen and oxygen atoms in total. The third kappa shape index (κ3) is 3.06. The second kappa shape index (κ2) is 5.30. The van der Waals surface area contributed by atoms with Crippen LogP contribution in [-0.2, 0) is 24.7 Å². The molecule has 5 heteroatoms. The second-order valence-corrected chi connectivity index (χ2v) is 4.22. The Labute approximate surface area is 97.4 Å². The van der Waals surface area contributed by atoms with Crippen LogP contribution in [0.15, 0.2) is 4.60 Å². The summed E-state index contributed by atoms with van der Waals surface area (Å²) in [6.07, 6.45) is 2.56. The Kier molecular flexibility index (Phi) is 4.32. The lowest BCUT2D eigenvalue weighted by atomic mass is 10.3. The van der Waals surface area contributed by atoms with E-state index in [9.17, 15) is 4.79 Å². The van der Waals surface area contributed by atoms with Gasteiger partial charge < -0.3 is 9.67 Å². The number of nitrogens with zero attached hydrogens (tertiary/aromatic N) is 2. The highest BCUT2D eigenvalue weighted by atomic mass is 79.9. The number of aliphatic carboxylic acids is 1. The number of hydrogen-bond acceptors (Lipinski definition) is 2. The summed E-state index contributed by atoms with van der Waals surface area (Å²) >= 11 is 3.46. The first-order valence-corrected chi connectivity index (χ1v) is 5.77. The predicted octanol–water partition coefficient (Wildman–Crippen LogP) is 2.15. The van der Waals surface area contributed by atoms with Crippen LogP contribution in [-0.4, -0.2) is 20.6 Å². The van der Waals surface area contributed by atoms with Crippen LogP contribution in [0.5, 0.6) is 0 Å². The van der Waals surface area contributed by atoms with E-state index < -0.39 is 5.97 Å². The molecular weight excluding hydrogens is 260 g/mol. The molecule has 0 aromatic carbocycles. The Morgan fingerprint density at radius 2 is 2.20 bits per heavy atom. The maximum atomic E-state index is 10.5. The highest BCUT2D eigenvalue weighted by molar-refractivity contribution is 9.10. The number of carbonyl (C=O) groups is 1. The SMILES string of the molecule is CCCc1nc(CCC(=O)O)n(C)c1Br. The highest BCUT2D eigenvalue weighted by Crippen LogP contribution is 2.19. The molecule has 15 heavy (non-hydrogen) atoms. The summed E-state index contributed by atoms with van der Waals surface area (Å²) in [7, 11) is 1.90. The fraction of sp³-hybridized carbons (Fsp3) is 0.600. The van der Waals surface area contributed by atoms with E-state index in [1.807, 2.05) is 11.6 Å². The molecule has 0 saturated heterocycles. The average Bonchev–Trinajstić information content (AvgIpc) is 2.44. The fourth-order valence-electron chi connectivity index (χ4n) is 1.42. The minimum absolute atomic E-state index is 0.128. The van der Waals surface area contributed by atoms with Crippen molar-refractivity contribution in [3.8, 4) is 0 Å². The molecule has 1 aromatic rings. The standard InChI is InChI=1S/C10H15BrN2O2/c1-3-4-7-10(11)13(2)8(12-7)5-6-9(14)15/h3-6H2,1-2H3,(H,14,15). The zero-order valence-corrected chi connectivity index (χ0v) is 10.5. The van der Waals surface area contributed by atoms with Gasteiger partial charge in [-0.25, -0.2) is 4.98 Å². The highest BCUT2D eigenvalue weighted by Gasteiger charge is 2.12. The van der Waals surface area contributed by atoms with Crippen LogP contribution in [0.1, 0.15) is 31.3 Å². The minimum Gasteiger partial charge on any atom is -0.481 e. The first-order valence-electron chi connectivity index (χ1n) is 4.98. The quantitative estimate of drug-likeness (QED) is 0.895. The van der Waals surface area contributed by atoms with Gasteiger partial charge in [0, 0.05) is 13.5 Å². The molecular formula is C10H15BrN2O2. The Balaban J connectivity index is 2.80. The molecule has 1 aromatic heterocycles. The summed E-state index contributed by atoms with van der Waals surface area (Å²) in [5.74, 6) is 0.0406. The van der Waals surface area contributed by atoms with Crippen LogP contribution >= 0.6 is 15.9 Å². The molecule has 1 heterocycles. The van der Waals surface area contributed by atoms with Gasteiger partial charge in [-0.05, 0) is 22.4 Å². The topological polar surface area (TPSA) is 55.1 Å². The van der Waals surface area contributed by atoms with Gasteiger partial charge in [-0.1, -0.05) is 13.3 Å². The normalized spacial score (nSPS) is 10.6. The molecule has 0 bridgehead atoms. The van der Waals surface area contributed by atoms with Gasteiger partial charge in [-0.15, -0.1) is 0 Å². The molecule has 0 amide bonds. The summed E-state index contributed by atoms with van der Waals surface area (Å²) in [6.45, 7) is 2.10. The van der Waals surface area contributed by atoms with E-state index in [2.05, 4.69) is 27.8 Å². The van der Waals surface area contributed by atoms with Crippen molar-refractivity contribution < 1.29 is 9.90 Å². The lowest BCUT2D eigenvalue weighted by Crippen LogP contribution is -2.03. The van der Waals surface area contributed by atoms with Crippen molar-refractivity contribution in [2.45, 2.75) is 32.6 Å². The molecule has 0 radical (unpaired) electrons. The van der Waals surface area contributed by atoms with Crippen LogP contribution in [0.4, 0.5) is 0 Å². The monoisotopic (exact) mass is 274 g/mol. The average molecular weight is 275 g/mol. The maximum absolute atomic E-state index is 10.5. The molecule has 0 aliphatic rings. The van der Waals surface area contributed by atoms with Gasteiger partial charge in [-0.3, -0.25) is 4.79 Å². The Morgan fingerprint density at radius 3 is 2.73 bits per heavy atom. The Morgan fingerprint density at radius 1 is 1.53 bits per heavy atom. The van der Waals surface area contributed by atoms with Crippen LogP contribution in [0.25, 0.3) is 0 Å². The fourth-order valence-corrected chi connectivity index (χ4v) is 1.91. The van der Waals surface area contributed by atoms with Crippen molar-refractivity contribution in [2.75, 3.05) is 0 Å². The van der Waals surface area contributed by atoms with Gasteiger partial charge in [-0.2, -0.15) is 0 Å². The minimum atomic E-state index is -0.786. The molecule has 0 aliphatic carbocycles. The summed E-state index contributed by atoms with van der Waals surface area (Å²) in [5.41, 5.74) is 1.01. The number of aromatic nitrogens is 2. The summed E-state index contributed by atoms with van der Waals surface area (Å²) < 4.78 is 2.87. The van der Waals surface area contributed by atoms with Gasteiger partial charge in [0.15, 0.2) is 0 Å². The van der Waals surface area contributed by atoms with Crippen molar-refractivity contribution in [1.29, 1.82) is 0 Å². The van der Waals surface area contributed by atoms with Crippen LogP contribution < -0.4 is 0 Å². The van der Waals surface area contributed by atoms with Crippen LogP contribution in [0, 0.1) is 0 Å². The van der Waals surface area contributed by atoms with E-state index in [4.69, 9.17) is 5.11 Å². The van der Waals surface area contributed by atoms with Crippen LogP contribution in [0.2, 0.25) is 0 Å². The van der Waals surface area contributed by atoms with Crippen molar-refractivity contribution in [2.24, 2.45) is 7.05 Å². The molecule has 0 atom stereocenters. The summed E-state index contributed by atoms with van der Waals surface area (Å²) in [6, 6.07) is 0. The Hall–Kier alpha value is -0.840. The van der Waals surface area contributed by atoms with Crippen LogP contribution in [0.3, 0.4) is 0 Å². The number of carboxylic acids is 1. The van der Waals surface area contributed by atoms with Gasteiger partial charge in [0.2, 0.25) is 0 Å². The largest absolute Gasteiger partial charge is 0.481 e. The van der Waals surface area contributed by atoms with E-state index in [1.54, 1.807) is 0 Å². The summed E-state index contributed by atoms with van der Waals surface area (Å²) in [4.78, 5) is 14.9. The zero-order chi connectivity index (χ0) is 11.4. The maximum Gasteiger partial charge on any atom is 0.303 e. The molecule has 1 N–H and O–H groups in total. The molecule has 0 spiro atoms. The van der Waals surface area contributed by atoms with E-state index in [0.717, 1.165) is 29.0 Å². The molecule has 0 aliphatic heterocycles. The third-order valence-corrected chi connectivity index (χ3v) is 3.22. The van der Waals surface area contributed by atoms with Crippen molar-refractivity contribution in [3.63, 3.8) is 0 Å². The molecule has 1 rings (SSSR count). The van der Waals surface area contributed by atoms with Gasteiger partial charge in [0.25, 0.3) is 0 Å². The van der Waals surface area contributed by atoms with Gasteiger partial charge in [0.1, 0.15) is 10.4 Å². The number of carboxylic acid groups (broad SMARTS) is 1. The smallest absolute Gasteiger partial charge is 0.303 e. The number of aryl methyl sites for hydroxylation is 2. The second-order valence-electron chi connectivity index (χ2n) is 3.47. The van der Waals surface area contributed by atoms with Crippen molar-refractivity contribution in [1.82, 2.24) is 9.55 Å². The lowest BCUT2D eigenvalue weighted by Gasteiger charge is -1.99. The Bertz CT molecular complexity index is 361.